The number of benzene rings is 1. The van der Waals surface area contributed by atoms with Gasteiger partial charge in [0, 0.05) is 6.54 Å². The maximum absolute atomic E-state index is 5.54. The van der Waals surface area contributed by atoms with E-state index in [1.165, 1.54) is 37.7 Å². The first-order chi connectivity index (χ1) is 9.27. The Morgan fingerprint density at radius 3 is 2.79 bits per heavy atom. The smallest absolute Gasteiger partial charge is 0.122 e. The van der Waals surface area contributed by atoms with Crippen LogP contribution in [-0.2, 0) is 6.42 Å². The van der Waals surface area contributed by atoms with Crippen LogP contribution in [0.4, 0.5) is 0 Å². The highest BCUT2D eigenvalue weighted by Crippen LogP contribution is 2.57. The topological polar surface area (TPSA) is 21.3 Å². The van der Waals surface area contributed by atoms with Gasteiger partial charge in [-0.15, -0.1) is 0 Å². The Hall–Kier alpha value is -1.02. The molecule has 3 atom stereocenters. The minimum atomic E-state index is 0.465. The highest BCUT2D eigenvalue weighted by atomic mass is 16.5. The van der Waals surface area contributed by atoms with E-state index in [2.05, 4.69) is 36.6 Å². The summed E-state index contributed by atoms with van der Waals surface area (Å²) in [5, 5.41) is 3.45. The molecule has 0 amide bonds. The van der Waals surface area contributed by atoms with Gasteiger partial charge in [0.05, 0.1) is 7.11 Å². The monoisotopic (exact) mass is 259 g/mol. The average Bonchev–Trinajstić information content (AvgIpc) is 3.00. The molecule has 2 bridgehead atoms. The zero-order chi connectivity index (χ0) is 13.3. The normalized spacial score (nSPS) is 32.7. The molecule has 2 fully saturated rings. The molecule has 2 aliphatic carbocycles. The molecule has 1 N–H and O–H groups in total. The zero-order valence-corrected chi connectivity index (χ0v) is 12.1. The summed E-state index contributed by atoms with van der Waals surface area (Å²) < 4.78 is 5.54. The fourth-order valence-corrected chi connectivity index (χ4v) is 4.63. The van der Waals surface area contributed by atoms with Gasteiger partial charge in [0.15, 0.2) is 0 Å². The van der Waals surface area contributed by atoms with Gasteiger partial charge in [0.1, 0.15) is 5.75 Å². The van der Waals surface area contributed by atoms with Crippen molar-refractivity contribution in [1.82, 2.24) is 5.32 Å². The van der Waals surface area contributed by atoms with Crippen LogP contribution in [0.1, 0.15) is 31.2 Å². The molecular weight excluding hydrogens is 234 g/mol. The molecular formula is C17H25NO. The zero-order valence-electron chi connectivity index (χ0n) is 12.1. The number of hydrogen-bond donors (Lipinski definition) is 1. The van der Waals surface area contributed by atoms with Crippen molar-refractivity contribution in [2.75, 3.05) is 20.7 Å². The number of ether oxygens (including phenoxy) is 1. The first-order valence-corrected chi connectivity index (χ1v) is 7.54. The molecule has 0 saturated heterocycles. The van der Waals surface area contributed by atoms with E-state index in [9.17, 15) is 0 Å². The molecule has 1 aromatic carbocycles. The fourth-order valence-electron chi connectivity index (χ4n) is 4.63. The molecule has 104 valence electrons. The summed E-state index contributed by atoms with van der Waals surface area (Å²) in [6.45, 7) is 1.15. The van der Waals surface area contributed by atoms with Gasteiger partial charge in [-0.1, -0.05) is 24.6 Å². The van der Waals surface area contributed by atoms with Gasteiger partial charge in [-0.25, -0.2) is 0 Å². The third-order valence-electron chi connectivity index (χ3n) is 5.37. The van der Waals surface area contributed by atoms with Gasteiger partial charge in [0.2, 0.25) is 0 Å². The van der Waals surface area contributed by atoms with Crippen molar-refractivity contribution in [2.45, 2.75) is 32.1 Å². The maximum Gasteiger partial charge on any atom is 0.122 e. The molecule has 0 heterocycles. The molecule has 2 nitrogen and oxygen atoms in total. The van der Waals surface area contributed by atoms with Gasteiger partial charge in [-0.3, -0.25) is 0 Å². The van der Waals surface area contributed by atoms with Crippen LogP contribution >= 0.6 is 0 Å². The van der Waals surface area contributed by atoms with Crippen LogP contribution in [0.3, 0.4) is 0 Å². The van der Waals surface area contributed by atoms with Gasteiger partial charge < -0.3 is 10.1 Å². The Labute approximate surface area is 116 Å². The molecule has 3 unspecified atom stereocenters. The second-order valence-corrected chi connectivity index (χ2v) is 6.46. The molecule has 0 radical (unpaired) electrons. The van der Waals surface area contributed by atoms with E-state index in [4.69, 9.17) is 4.74 Å². The molecule has 1 aromatic rings. The Kier molecular flexibility index (Phi) is 3.53. The van der Waals surface area contributed by atoms with E-state index in [1.807, 2.05) is 0 Å². The second kappa shape index (κ2) is 5.16. The molecule has 0 aliphatic heterocycles. The lowest BCUT2D eigenvalue weighted by Gasteiger charge is -2.38. The summed E-state index contributed by atoms with van der Waals surface area (Å²) in [5.74, 6) is 2.95. The fraction of sp³-hybridized carbons (Fsp3) is 0.647. The molecule has 0 aromatic heterocycles. The lowest BCUT2D eigenvalue weighted by Crippen LogP contribution is -2.39. The van der Waals surface area contributed by atoms with E-state index in [-0.39, 0.29) is 0 Å². The molecule has 2 saturated carbocycles. The van der Waals surface area contributed by atoms with Gasteiger partial charge >= 0.3 is 0 Å². The number of rotatable bonds is 5. The van der Waals surface area contributed by atoms with E-state index in [1.54, 1.807) is 7.11 Å². The standard InChI is InChI=1S/C17H25NO/c1-18-12-17(10-13-7-8-15(17)9-13)11-14-5-3-4-6-16(14)19-2/h3-6,13,15,18H,7-12H2,1-2H3. The molecule has 3 rings (SSSR count). The summed E-state index contributed by atoms with van der Waals surface area (Å²) in [7, 11) is 3.88. The molecule has 2 aliphatic rings. The van der Waals surface area contributed by atoms with Crippen molar-refractivity contribution in [3.63, 3.8) is 0 Å². The van der Waals surface area contributed by atoms with E-state index >= 15 is 0 Å². The highest BCUT2D eigenvalue weighted by Gasteiger charge is 2.50. The van der Waals surface area contributed by atoms with E-state index < -0.39 is 0 Å². The van der Waals surface area contributed by atoms with Gasteiger partial charge in [-0.2, -0.15) is 0 Å². The van der Waals surface area contributed by atoms with Crippen molar-refractivity contribution in [3.05, 3.63) is 29.8 Å². The van der Waals surface area contributed by atoms with Crippen LogP contribution in [0.2, 0.25) is 0 Å². The van der Waals surface area contributed by atoms with Crippen molar-refractivity contribution >= 4 is 0 Å². The number of para-hydroxylation sites is 1. The average molecular weight is 259 g/mol. The number of hydrogen-bond acceptors (Lipinski definition) is 2. The van der Waals surface area contributed by atoms with E-state index in [0.717, 1.165) is 24.1 Å². The van der Waals surface area contributed by atoms with Crippen LogP contribution in [0.5, 0.6) is 5.75 Å². The number of nitrogens with one attached hydrogen (secondary N) is 1. The largest absolute Gasteiger partial charge is 0.496 e. The lowest BCUT2D eigenvalue weighted by atomic mass is 9.69. The molecule has 19 heavy (non-hydrogen) atoms. The van der Waals surface area contributed by atoms with Crippen molar-refractivity contribution in [2.24, 2.45) is 17.3 Å². The first-order valence-electron chi connectivity index (χ1n) is 7.54. The quantitative estimate of drug-likeness (QED) is 0.876. The summed E-state index contributed by atoms with van der Waals surface area (Å²) >= 11 is 0. The second-order valence-electron chi connectivity index (χ2n) is 6.46. The van der Waals surface area contributed by atoms with Crippen molar-refractivity contribution in [3.8, 4) is 5.75 Å². The summed E-state index contributed by atoms with van der Waals surface area (Å²) in [6.07, 6.45) is 6.91. The summed E-state index contributed by atoms with van der Waals surface area (Å²) in [6, 6.07) is 8.53. The SMILES string of the molecule is CNCC1(Cc2ccccc2OC)CC2CCC1C2. The minimum Gasteiger partial charge on any atom is -0.496 e. The number of fused-ring (bicyclic) bond motifs is 2. The summed E-state index contributed by atoms with van der Waals surface area (Å²) in [5.41, 5.74) is 1.85. The van der Waals surface area contributed by atoms with Crippen LogP contribution in [-0.4, -0.2) is 20.7 Å². The highest BCUT2D eigenvalue weighted by molar-refractivity contribution is 5.34. The Bertz CT molecular complexity index is 445. The van der Waals surface area contributed by atoms with Crippen molar-refractivity contribution in [1.29, 1.82) is 0 Å². The molecule has 0 spiro atoms. The number of methoxy groups -OCH3 is 1. The van der Waals surface area contributed by atoms with E-state index in [0.29, 0.717) is 5.41 Å². The van der Waals surface area contributed by atoms with Gasteiger partial charge in [0.25, 0.3) is 0 Å². The summed E-state index contributed by atoms with van der Waals surface area (Å²) in [4.78, 5) is 0. The third-order valence-corrected chi connectivity index (χ3v) is 5.37. The maximum atomic E-state index is 5.54. The lowest BCUT2D eigenvalue weighted by molar-refractivity contribution is 0.158. The van der Waals surface area contributed by atoms with Crippen LogP contribution in [0.15, 0.2) is 24.3 Å². The van der Waals surface area contributed by atoms with Crippen LogP contribution < -0.4 is 10.1 Å². The Balaban J connectivity index is 1.86. The Morgan fingerprint density at radius 2 is 2.16 bits per heavy atom. The van der Waals surface area contributed by atoms with Gasteiger partial charge in [-0.05, 0) is 61.6 Å². The van der Waals surface area contributed by atoms with Crippen LogP contribution in [0, 0.1) is 17.3 Å². The Morgan fingerprint density at radius 1 is 1.32 bits per heavy atom. The third kappa shape index (κ3) is 2.27. The predicted molar refractivity (Wildman–Crippen MR) is 78.5 cm³/mol. The van der Waals surface area contributed by atoms with Crippen LogP contribution in [0.25, 0.3) is 0 Å². The first kappa shape index (κ1) is 13.0. The molecule has 2 heteroatoms. The van der Waals surface area contributed by atoms with Crippen molar-refractivity contribution < 1.29 is 4.74 Å². The minimum absolute atomic E-state index is 0.465. The predicted octanol–water partition coefficient (Wildman–Crippen LogP) is 3.26.